The van der Waals surface area contributed by atoms with Gasteiger partial charge in [-0.1, -0.05) is 13.0 Å². The molecule has 0 fully saturated rings. The summed E-state index contributed by atoms with van der Waals surface area (Å²) >= 11 is 0. The first-order chi connectivity index (χ1) is 6.84. The Morgan fingerprint density at radius 1 is 1.50 bits per heavy atom. The van der Waals surface area contributed by atoms with Crippen LogP contribution in [0.15, 0.2) is 18.3 Å². The Hall–Kier alpha value is -1.02. The van der Waals surface area contributed by atoms with E-state index in [9.17, 15) is 0 Å². The molecule has 2 nitrogen and oxygen atoms in total. The molecule has 1 unspecified atom stereocenters. The Bertz CT molecular complexity index is 387. The van der Waals surface area contributed by atoms with Crippen LogP contribution in [0.2, 0.25) is 0 Å². The van der Waals surface area contributed by atoms with Gasteiger partial charge >= 0.3 is 0 Å². The summed E-state index contributed by atoms with van der Waals surface area (Å²) in [5, 5.41) is 3.47. The van der Waals surface area contributed by atoms with E-state index in [1.165, 1.54) is 17.7 Å². The van der Waals surface area contributed by atoms with E-state index < -0.39 is 0 Å². The predicted molar refractivity (Wildman–Crippen MR) is 58.1 cm³/mol. The molecule has 0 spiro atoms. The maximum Gasteiger partial charge on any atom is 0.0482 e. The predicted octanol–water partition coefficient (Wildman–Crippen LogP) is 1.67. The van der Waals surface area contributed by atoms with Crippen LogP contribution in [-0.2, 0) is 13.0 Å². The summed E-state index contributed by atoms with van der Waals surface area (Å²) in [6.07, 6.45) is 5.88. The summed E-state index contributed by atoms with van der Waals surface area (Å²) in [7, 11) is 0. The quantitative estimate of drug-likeness (QED) is 0.655. The number of nitrogens with zero attached hydrogens (tertiary/aromatic N) is 1. The molecule has 0 saturated carbocycles. The molecule has 0 saturated heterocycles. The van der Waals surface area contributed by atoms with E-state index in [-0.39, 0.29) is 0 Å². The Balaban J connectivity index is 2.16. The molecule has 14 heavy (non-hydrogen) atoms. The minimum atomic E-state index is 0.702. The Morgan fingerprint density at radius 3 is 3.36 bits per heavy atom. The molecule has 0 aromatic carbocycles. The second kappa shape index (κ2) is 2.99. The van der Waals surface area contributed by atoms with Crippen LogP contribution < -0.4 is 5.32 Å². The molecule has 74 valence electrons. The topological polar surface area (TPSA) is 17.0 Å². The van der Waals surface area contributed by atoms with E-state index in [1.54, 1.807) is 5.56 Å². The van der Waals surface area contributed by atoms with E-state index >= 15 is 0 Å². The first kappa shape index (κ1) is 8.30. The molecule has 1 aliphatic carbocycles. The third kappa shape index (κ3) is 1.14. The maximum atomic E-state index is 3.47. The second-order valence-corrected chi connectivity index (χ2v) is 4.43. The van der Waals surface area contributed by atoms with Crippen LogP contribution >= 0.6 is 0 Å². The summed E-state index contributed by atoms with van der Waals surface area (Å²) in [6.45, 7) is 5.55. The molecule has 3 rings (SSSR count). The van der Waals surface area contributed by atoms with Crippen LogP contribution in [0.4, 0.5) is 0 Å². The van der Waals surface area contributed by atoms with Gasteiger partial charge in [0.2, 0.25) is 0 Å². The highest BCUT2D eigenvalue weighted by molar-refractivity contribution is 5.70. The smallest absolute Gasteiger partial charge is 0.0482 e. The number of aromatic nitrogens is 1. The molecule has 1 aromatic heterocycles. The normalized spacial score (nSPS) is 25.2. The van der Waals surface area contributed by atoms with E-state index in [2.05, 4.69) is 35.1 Å². The van der Waals surface area contributed by atoms with E-state index in [0.29, 0.717) is 5.92 Å². The number of rotatable bonds is 0. The largest absolute Gasteiger partial charge is 0.346 e. The van der Waals surface area contributed by atoms with Gasteiger partial charge in [0.05, 0.1) is 0 Å². The van der Waals surface area contributed by atoms with Crippen molar-refractivity contribution in [2.45, 2.75) is 19.9 Å². The van der Waals surface area contributed by atoms with Gasteiger partial charge in [0, 0.05) is 31.5 Å². The summed E-state index contributed by atoms with van der Waals surface area (Å²) < 4.78 is 2.40. The van der Waals surface area contributed by atoms with Crippen molar-refractivity contribution in [3.8, 4) is 0 Å². The van der Waals surface area contributed by atoms with Crippen LogP contribution in [-0.4, -0.2) is 17.7 Å². The zero-order valence-corrected chi connectivity index (χ0v) is 8.59. The van der Waals surface area contributed by atoms with Gasteiger partial charge in [0.25, 0.3) is 0 Å². The molecule has 1 N–H and O–H groups in total. The van der Waals surface area contributed by atoms with Gasteiger partial charge in [-0.05, 0) is 29.5 Å². The van der Waals surface area contributed by atoms with Crippen LogP contribution in [0.5, 0.6) is 0 Å². The Morgan fingerprint density at radius 2 is 2.43 bits per heavy atom. The van der Waals surface area contributed by atoms with Crippen LogP contribution in [0.3, 0.4) is 0 Å². The SMILES string of the molecule is CC1C=C2CNCCn3ccc(c32)C1. The Labute approximate surface area is 84.6 Å². The highest BCUT2D eigenvalue weighted by atomic mass is 15.0. The van der Waals surface area contributed by atoms with Crippen LogP contribution in [0.25, 0.3) is 5.57 Å². The summed E-state index contributed by atoms with van der Waals surface area (Å²) in [5.41, 5.74) is 4.54. The van der Waals surface area contributed by atoms with Crippen molar-refractivity contribution in [2.75, 3.05) is 13.1 Å². The number of allylic oxidation sites excluding steroid dienone is 1. The lowest BCUT2D eigenvalue weighted by Gasteiger charge is -2.19. The third-order valence-electron chi connectivity index (χ3n) is 3.22. The van der Waals surface area contributed by atoms with E-state index in [0.717, 1.165) is 19.6 Å². The van der Waals surface area contributed by atoms with Crippen LogP contribution in [0, 0.1) is 5.92 Å². The van der Waals surface area contributed by atoms with Gasteiger partial charge in [0.1, 0.15) is 0 Å². The first-order valence-electron chi connectivity index (χ1n) is 5.44. The van der Waals surface area contributed by atoms with Crippen LogP contribution in [0.1, 0.15) is 18.2 Å². The Kier molecular flexibility index (Phi) is 1.77. The van der Waals surface area contributed by atoms with Crippen molar-refractivity contribution in [1.29, 1.82) is 0 Å². The molecule has 2 heterocycles. The summed E-state index contributed by atoms with van der Waals surface area (Å²) in [4.78, 5) is 0. The molecule has 0 amide bonds. The fourth-order valence-electron chi connectivity index (χ4n) is 2.65. The fourth-order valence-corrected chi connectivity index (χ4v) is 2.65. The van der Waals surface area contributed by atoms with Crippen molar-refractivity contribution < 1.29 is 0 Å². The minimum absolute atomic E-state index is 0.702. The molecule has 2 aliphatic rings. The van der Waals surface area contributed by atoms with Gasteiger partial charge in [-0.3, -0.25) is 0 Å². The van der Waals surface area contributed by atoms with Gasteiger partial charge in [-0.15, -0.1) is 0 Å². The first-order valence-corrected chi connectivity index (χ1v) is 5.44. The van der Waals surface area contributed by atoms with Gasteiger partial charge < -0.3 is 9.88 Å². The average Bonchev–Trinajstić information content (AvgIpc) is 2.43. The molecule has 1 aliphatic heterocycles. The van der Waals surface area contributed by atoms with Gasteiger partial charge in [0.15, 0.2) is 0 Å². The molecular formula is C12H16N2. The molecule has 1 atom stereocenters. The molecular weight excluding hydrogens is 172 g/mol. The zero-order chi connectivity index (χ0) is 9.54. The van der Waals surface area contributed by atoms with Crippen molar-refractivity contribution >= 4 is 5.57 Å². The lowest BCUT2D eigenvalue weighted by molar-refractivity contribution is 0.648. The van der Waals surface area contributed by atoms with E-state index in [1.807, 2.05) is 0 Å². The average molecular weight is 188 g/mol. The fraction of sp³-hybridized carbons (Fsp3) is 0.500. The summed E-state index contributed by atoms with van der Waals surface area (Å²) in [6, 6.07) is 2.30. The van der Waals surface area contributed by atoms with Crippen molar-refractivity contribution in [3.63, 3.8) is 0 Å². The third-order valence-corrected chi connectivity index (χ3v) is 3.22. The van der Waals surface area contributed by atoms with Crippen molar-refractivity contribution in [3.05, 3.63) is 29.6 Å². The van der Waals surface area contributed by atoms with Gasteiger partial charge in [-0.2, -0.15) is 0 Å². The lowest BCUT2D eigenvalue weighted by Crippen LogP contribution is -2.18. The number of hydrogen-bond acceptors (Lipinski definition) is 1. The van der Waals surface area contributed by atoms with Crippen molar-refractivity contribution in [1.82, 2.24) is 9.88 Å². The minimum Gasteiger partial charge on any atom is -0.346 e. The maximum absolute atomic E-state index is 3.47. The monoisotopic (exact) mass is 188 g/mol. The second-order valence-electron chi connectivity index (χ2n) is 4.43. The number of nitrogens with one attached hydrogen (secondary N) is 1. The molecule has 0 radical (unpaired) electrons. The van der Waals surface area contributed by atoms with Crippen molar-refractivity contribution in [2.24, 2.45) is 5.92 Å². The number of hydrogen-bond donors (Lipinski definition) is 1. The highest BCUT2D eigenvalue weighted by Gasteiger charge is 2.21. The summed E-state index contributed by atoms with van der Waals surface area (Å²) in [5.74, 6) is 0.702. The zero-order valence-electron chi connectivity index (χ0n) is 8.59. The standard InChI is InChI=1S/C12H16N2/c1-9-6-10-2-4-14-5-3-13-8-11(7-9)12(10)14/h2,4,7,9,13H,3,5-6,8H2,1H3. The molecule has 2 heteroatoms. The van der Waals surface area contributed by atoms with Gasteiger partial charge in [-0.25, -0.2) is 0 Å². The van der Waals surface area contributed by atoms with E-state index in [4.69, 9.17) is 0 Å². The molecule has 0 bridgehead atoms. The molecule has 1 aromatic rings. The lowest BCUT2D eigenvalue weighted by atomic mass is 9.90. The highest BCUT2D eigenvalue weighted by Crippen LogP contribution is 2.30.